The molecule has 3 nitrogen and oxygen atoms in total. The SMILES string of the molecule is N#Cc1ncc(CCl)c(C(F)F)c1CO. The van der Waals surface area contributed by atoms with E-state index < -0.39 is 13.0 Å². The second kappa shape index (κ2) is 5.01. The third kappa shape index (κ3) is 2.22. The van der Waals surface area contributed by atoms with Crippen LogP contribution < -0.4 is 0 Å². The first-order valence-corrected chi connectivity index (χ1v) is 4.54. The van der Waals surface area contributed by atoms with Crippen molar-refractivity contribution < 1.29 is 13.9 Å². The van der Waals surface area contributed by atoms with Gasteiger partial charge >= 0.3 is 0 Å². The van der Waals surface area contributed by atoms with Crippen molar-refractivity contribution in [1.29, 1.82) is 5.26 Å². The van der Waals surface area contributed by atoms with Gasteiger partial charge in [0.2, 0.25) is 0 Å². The van der Waals surface area contributed by atoms with Crippen molar-refractivity contribution >= 4 is 11.6 Å². The molecule has 0 aliphatic rings. The van der Waals surface area contributed by atoms with E-state index in [-0.39, 0.29) is 28.3 Å². The van der Waals surface area contributed by atoms with Crippen LogP contribution in [0, 0.1) is 11.3 Å². The highest BCUT2D eigenvalue weighted by atomic mass is 35.5. The van der Waals surface area contributed by atoms with Gasteiger partial charge in [-0.2, -0.15) is 5.26 Å². The summed E-state index contributed by atoms with van der Waals surface area (Å²) in [6, 6.07) is 1.65. The Morgan fingerprint density at radius 1 is 1.60 bits per heavy atom. The molecule has 0 amide bonds. The standard InChI is InChI=1S/C9H7ClF2N2O/c10-1-5-3-14-7(2-13)6(4-15)8(5)9(11)12/h3,9,15H,1,4H2. The largest absolute Gasteiger partial charge is 0.392 e. The van der Waals surface area contributed by atoms with Crippen molar-refractivity contribution in [2.45, 2.75) is 18.9 Å². The van der Waals surface area contributed by atoms with E-state index in [9.17, 15) is 8.78 Å². The normalized spacial score (nSPS) is 10.4. The lowest BCUT2D eigenvalue weighted by molar-refractivity contribution is 0.146. The van der Waals surface area contributed by atoms with Crippen LogP contribution in [0.2, 0.25) is 0 Å². The summed E-state index contributed by atoms with van der Waals surface area (Å²) in [5.74, 6) is -0.134. The van der Waals surface area contributed by atoms with Crippen molar-refractivity contribution in [2.24, 2.45) is 0 Å². The first kappa shape index (κ1) is 11.8. The van der Waals surface area contributed by atoms with E-state index >= 15 is 0 Å². The van der Waals surface area contributed by atoms with Crippen LogP contribution in [0.5, 0.6) is 0 Å². The molecular weight excluding hydrogens is 226 g/mol. The Balaban J connectivity index is 3.46. The summed E-state index contributed by atoms with van der Waals surface area (Å²) in [6.07, 6.45) is -1.65. The Hall–Kier alpha value is -1.25. The molecule has 0 aliphatic carbocycles. The minimum Gasteiger partial charge on any atom is -0.392 e. The van der Waals surface area contributed by atoms with Crippen molar-refractivity contribution in [1.82, 2.24) is 4.98 Å². The number of aliphatic hydroxyl groups is 1. The van der Waals surface area contributed by atoms with Crippen molar-refractivity contribution in [3.05, 3.63) is 28.6 Å². The lowest BCUT2D eigenvalue weighted by atomic mass is 10.0. The number of nitriles is 1. The fourth-order valence-corrected chi connectivity index (χ4v) is 1.46. The van der Waals surface area contributed by atoms with Crippen molar-refractivity contribution in [3.63, 3.8) is 0 Å². The smallest absolute Gasteiger partial charge is 0.264 e. The minimum absolute atomic E-state index is 0.134. The molecule has 0 saturated carbocycles. The van der Waals surface area contributed by atoms with Gasteiger partial charge in [-0.3, -0.25) is 0 Å². The molecule has 80 valence electrons. The van der Waals surface area contributed by atoms with Gasteiger partial charge in [-0.05, 0) is 5.56 Å². The Kier molecular flexibility index (Phi) is 3.95. The molecule has 0 aromatic carbocycles. The summed E-state index contributed by atoms with van der Waals surface area (Å²) in [5, 5.41) is 17.5. The van der Waals surface area contributed by atoms with Gasteiger partial charge in [0.15, 0.2) is 0 Å². The highest BCUT2D eigenvalue weighted by molar-refractivity contribution is 6.17. The Bertz CT molecular complexity index is 404. The van der Waals surface area contributed by atoms with Gasteiger partial charge in [0.1, 0.15) is 11.8 Å². The number of nitrogens with zero attached hydrogens (tertiary/aromatic N) is 2. The van der Waals surface area contributed by atoms with Gasteiger partial charge in [-0.15, -0.1) is 11.6 Å². The number of alkyl halides is 3. The van der Waals surface area contributed by atoms with Gasteiger partial charge in [-0.25, -0.2) is 13.8 Å². The zero-order valence-corrected chi connectivity index (χ0v) is 8.30. The number of pyridine rings is 1. The molecule has 0 bridgehead atoms. The molecule has 0 radical (unpaired) electrons. The fourth-order valence-electron chi connectivity index (χ4n) is 1.25. The summed E-state index contributed by atoms with van der Waals surface area (Å²) >= 11 is 5.46. The zero-order chi connectivity index (χ0) is 11.4. The fraction of sp³-hybridized carbons (Fsp3) is 0.333. The summed E-state index contributed by atoms with van der Waals surface area (Å²) in [6.45, 7) is -0.652. The monoisotopic (exact) mass is 232 g/mol. The zero-order valence-electron chi connectivity index (χ0n) is 7.54. The molecule has 1 rings (SSSR count). The van der Waals surface area contributed by atoms with E-state index in [1.165, 1.54) is 0 Å². The number of aromatic nitrogens is 1. The topological polar surface area (TPSA) is 56.9 Å². The third-order valence-electron chi connectivity index (χ3n) is 1.93. The molecule has 1 heterocycles. The Labute approximate surface area is 89.9 Å². The predicted molar refractivity (Wildman–Crippen MR) is 49.4 cm³/mol. The van der Waals surface area contributed by atoms with E-state index in [4.69, 9.17) is 22.0 Å². The number of aliphatic hydroxyl groups excluding tert-OH is 1. The highest BCUT2D eigenvalue weighted by Crippen LogP contribution is 2.29. The van der Waals surface area contributed by atoms with Crippen LogP contribution in [0.3, 0.4) is 0 Å². The van der Waals surface area contributed by atoms with E-state index in [1.54, 1.807) is 6.07 Å². The molecule has 0 saturated heterocycles. The number of rotatable bonds is 3. The van der Waals surface area contributed by atoms with Crippen LogP contribution in [0.1, 0.15) is 28.8 Å². The molecule has 15 heavy (non-hydrogen) atoms. The van der Waals surface area contributed by atoms with Crippen LogP contribution in [0.25, 0.3) is 0 Å². The predicted octanol–water partition coefficient (Wildman–Crippen LogP) is 2.12. The highest BCUT2D eigenvalue weighted by Gasteiger charge is 2.20. The van der Waals surface area contributed by atoms with E-state index in [2.05, 4.69) is 4.98 Å². The molecule has 0 spiro atoms. The first-order chi connectivity index (χ1) is 7.15. The molecule has 0 unspecified atom stereocenters. The van der Waals surface area contributed by atoms with Crippen LogP contribution in [-0.4, -0.2) is 10.1 Å². The number of hydrogen-bond acceptors (Lipinski definition) is 3. The van der Waals surface area contributed by atoms with Crippen LogP contribution >= 0.6 is 11.6 Å². The van der Waals surface area contributed by atoms with Crippen molar-refractivity contribution in [2.75, 3.05) is 0 Å². The van der Waals surface area contributed by atoms with Gasteiger partial charge in [0.05, 0.1) is 6.61 Å². The maximum Gasteiger partial charge on any atom is 0.264 e. The molecular formula is C9H7ClF2N2O. The van der Waals surface area contributed by atoms with Gasteiger partial charge in [0.25, 0.3) is 6.43 Å². The second-order valence-electron chi connectivity index (χ2n) is 2.73. The van der Waals surface area contributed by atoms with Gasteiger partial charge in [0, 0.05) is 23.2 Å². The summed E-state index contributed by atoms with van der Waals surface area (Å²) in [7, 11) is 0. The average molecular weight is 233 g/mol. The van der Waals surface area contributed by atoms with Crippen LogP contribution in [-0.2, 0) is 12.5 Å². The lowest BCUT2D eigenvalue weighted by Crippen LogP contribution is -2.05. The molecule has 0 aliphatic heterocycles. The lowest BCUT2D eigenvalue weighted by Gasteiger charge is -2.11. The van der Waals surface area contributed by atoms with Crippen LogP contribution in [0.15, 0.2) is 6.20 Å². The quantitative estimate of drug-likeness (QED) is 0.812. The number of halogens is 3. The average Bonchev–Trinajstić information content (AvgIpc) is 2.26. The maximum atomic E-state index is 12.7. The maximum absolute atomic E-state index is 12.7. The molecule has 0 atom stereocenters. The minimum atomic E-state index is -2.78. The number of hydrogen-bond donors (Lipinski definition) is 1. The summed E-state index contributed by atoms with van der Waals surface area (Å²) in [4.78, 5) is 3.64. The summed E-state index contributed by atoms with van der Waals surface area (Å²) in [5.41, 5.74) is -0.596. The van der Waals surface area contributed by atoms with Gasteiger partial charge < -0.3 is 5.11 Å². The van der Waals surface area contributed by atoms with E-state index in [1.807, 2.05) is 0 Å². The second-order valence-corrected chi connectivity index (χ2v) is 3.00. The van der Waals surface area contributed by atoms with E-state index in [0.717, 1.165) is 6.20 Å². The molecule has 6 heteroatoms. The first-order valence-electron chi connectivity index (χ1n) is 4.01. The third-order valence-corrected chi connectivity index (χ3v) is 2.22. The Morgan fingerprint density at radius 3 is 2.67 bits per heavy atom. The van der Waals surface area contributed by atoms with Crippen LogP contribution in [0.4, 0.5) is 8.78 Å². The van der Waals surface area contributed by atoms with Crippen molar-refractivity contribution in [3.8, 4) is 6.07 Å². The van der Waals surface area contributed by atoms with E-state index in [0.29, 0.717) is 0 Å². The van der Waals surface area contributed by atoms with Gasteiger partial charge in [-0.1, -0.05) is 0 Å². The molecule has 0 fully saturated rings. The molecule has 1 aromatic rings. The Morgan fingerprint density at radius 2 is 2.27 bits per heavy atom. The summed E-state index contributed by atoms with van der Waals surface area (Å²) < 4.78 is 25.3. The molecule has 1 aromatic heterocycles. The molecule has 1 N–H and O–H groups in total.